The Labute approximate surface area is 254 Å². The van der Waals surface area contributed by atoms with Gasteiger partial charge in [0.2, 0.25) is 5.91 Å². The molecule has 0 aliphatic carbocycles. The predicted molar refractivity (Wildman–Crippen MR) is 165 cm³/mol. The van der Waals surface area contributed by atoms with Crippen LogP contribution in [0.2, 0.25) is 10.0 Å². The van der Waals surface area contributed by atoms with Gasteiger partial charge in [0.1, 0.15) is 18.8 Å². The Morgan fingerprint density at radius 1 is 1.02 bits per heavy atom. The summed E-state index contributed by atoms with van der Waals surface area (Å²) in [7, 11) is 0. The molecule has 42 heavy (non-hydrogen) atoms. The van der Waals surface area contributed by atoms with E-state index in [0.29, 0.717) is 45.8 Å². The summed E-state index contributed by atoms with van der Waals surface area (Å²) in [6.45, 7) is 7.84. The fraction of sp³-hybridized carbons (Fsp3) is 0.219. The molecule has 10 heteroatoms. The third-order valence-electron chi connectivity index (χ3n) is 6.43. The molecular formula is C32H31Cl2N3O5. The molecule has 0 bridgehead atoms. The monoisotopic (exact) mass is 607 g/mol. The zero-order valence-corrected chi connectivity index (χ0v) is 24.8. The first-order valence-electron chi connectivity index (χ1n) is 13.4. The van der Waals surface area contributed by atoms with E-state index in [1.54, 1.807) is 36.4 Å². The Morgan fingerprint density at radius 2 is 1.81 bits per heavy atom. The standard InChI is InChI=1S/C32H31Cl2N3O5/c1-4-9-23-14-21(17-28(41-6-3)30(23)42-19-20-12-13-24(33)25(34)15-20)16-27-31(39)37(32(40)36-27)18-29(38)35-26-11-8-7-10-22(26)5-2/h4,7-8,10-17H,1,5-6,9,18-19H2,2-3H3,(H,35,38)(H,36,40)/b27-16+. The number of amides is 4. The number of hydrogen-bond acceptors (Lipinski definition) is 5. The summed E-state index contributed by atoms with van der Waals surface area (Å²) in [5.41, 5.74) is 3.83. The Hall–Kier alpha value is -4.27. The van der Waals surface area contributed by atoms with Gasteiger partial charge in [-0.05, 0) is 72.9 Å². The van der Waals surface area contributed by atoms with Crippen molar-refractivity contribution in [2.45, 2.75) is 33.3 Å². The van der Waals surface area contributed by atoms with E-state index in [0.717, 1.165) is 28.0 Å². The smallest absolute Gasteiger partial charge is 0.329 e. The van der Waals surface area contributed by atoms with Gasteiger partial charge in [-0.15, -0.1) is 6.58 Å². The summed E-state index contributed by atoms with van der Waals surface area (Å²) in [4.78, 5) is 39.4. The van der Waals surface area contributed by atoms with Gasteiger partial charge in [0.25, 0.3) is 5.91 Å². The molecule has 0 atom stereocenters. The predicted octanol–water partition coefficient (Wildman–Crippen LogP) is 6.79. The van der Waals surface area contributed by atoms with E-state index in [-0.39, 0.29) is 12.3 Å². The highest BCUT2D eigenvalue weighted by molar-refractivity contribution is 6.42. The van der Waals surface area contributed by atoms with Gasteiger partial charge in [0.15, 0.2) is 11.5 Å². The second-order valence-corrected chi connectivity index (χ2v) is 10.2. The van der Waals surface area contributed by atoms with Gasteiger partial charge in [-0.25, -0.2) is 9.69 Å². The highest BCUT2D eigenvalue weighted by Crippen LogP contribution is 2.36. The summed E-state index contributed by atoms with van der Waals surface area (Å²) < 4.78 is 12.0. The average molecular weight is 609 g/mol. The second-order valence-electron chi connectivity index (χ2n) is 9.41. The van der Waals surface area contributed by atoms with Crippen LogP contribution in [0.15, 0.2) is 72.9 Å². The molecule has 0 saturated carbocycles. The van der Waals surface area contributed by atoms with Gasteiger partial charge >= 0.3 is 6.03 Å². The average Bonchev–Trinajstić information content (AvgIpc) is 3.22. The fourth-order valence-electron chi connectivity index (χ4n) is 4.45. The summed E-state index contributed by atoms with van der Waals surface area (Å²) in [5, 5.41) is 6.24. The van der Waals surface area contributed by atoms with E-state index in [4.69, 9.17) is 32.7 Å². The molecule has 1 heterocycles. The summed E-state index contributed by atoms with van der Waals surface area (Å²) in [6.07, 6.45) is 4.46. The van der Waals surface area contributed by atoms with E-state index in [1.165, 1.54) is 0 Å². The number of halogens is 2. The van der Waals surface area contributed by atoms with Crippen LogP contribution >= 0.6 is 23.2 Å². The maximum atomic E-state index is 13.1. The maximum Gasteiger partial charge on any atom is 0.329 e. The highest BCUT2D eigenvalue weighted by Gasteiger charge is 2.35. The van der Waals surface area contributed by atoms with Crippen molar-refractivity contribution in [2.24, 2.45) is 0 Å². The molecule has 0 aromatic heterocycles. The van der Waals surface area contributed by atoms with Crippen molar-refractivity contribution in [1.82, 2.24) is 10.2 Å². The summed E-state index contributed by atoms with van der Waals surface area (Å²) in [5.74, 6) is -0.0955. The number of allylic oxidation sites excluding steroid dienone is 1. The first kappa shape index (κ1) is 30.7. The number of carbonyl (C=O) groups is 3. The van der Waals surface area contributed by atoms with Crippen molar-refractivity contribution in [3.8, 4) is 11.5 Å². The first-order valence-corrected chi connectivity index (χ1v) is 14.2. The largest absolute Gasteiger partial charge is 0.490 e. The molecule has 4 amide bonds. The molecule has 0 radical (unpaired) electrons. The van der Waals surface area contributed by atoms with Crippen molar-refractivity contribution in [2.75, 3.05) is 18.5 Å². The van der Waals surface area contributed by atoms with Crippen LogP contribution in [0.1, 0.15) is 36.1 Å². The van der Waals surface area contributed by atoms with Gasteiger partial charge < -0.3 is 20.1 Å². The van der Waals surface area contributed by atoms with E-state index in [2.05, 4.69) is 17.2 Å². The molecule has 2 N–H and O–H groups in total. The zero-order chi connectivity index (χ0) is 30.2. The van der Waals surface area contributed by atoms with Gasteiger partial charge in [-0.3, -0.25) is 9.59 Å². The van der Waals surface area contributed by atoms with Crippen LogP contribution < -0.4 is 20.1 Å². The molecule has 1 saturated heterocycles. The third kappa shape index (κ3) is 7.32. The van der Waals surface area contributed by atoms with Crippen molar-refractivity contribution >= 4 is 52.8 Å². The number of anilines is 1. The minimum atomic E-state index is -0.678. The number of ether oxygens (including phenoxy) is 2. The molecule has 3 aromatic rings. The molecule has 1 aliphatic heterocycles. The number of rotatable bonds is 12. The molecule has 1 aliphatic rings. The minimum absolute atomic E-state index is 0.0400. The Kier molecular flexibility index (Phi) is 10.3. The van der Waals surface area contributed by atoms with Gasteiger partial charge in [0, 0.05) is 11.3 Å². The van der Waals surface area contributed by atoms with Crippen molar-refractivity contribution < 1.29 is 23.9 Å². The number of nitrogens with zero attached hydrogens (tertiary/aromatic N) is 1. The van der Waals surface area contributed by atoms with Crippen molar-refractivity contribution in [1.29, 1.82) is 0 Å². The van der Waals surface area contributed by atoms with Gasteiger partial charge in [-0.2, -0.15) is 0 Å². The van der Waals surface area contributed by atoms with Crippen LogP contribution in [-0.2, 0) is 29.0 Å². The van der Waals surface area contributed by atoms with E-state index < -0.39 is 24.4 Å². The lowest BCUT2D eigenvalue weighted by atomic mass is 10.0. The second kappa shape index (κ2) is 14.1. The quantitative estimate of drug-likeness (QED) is 0.134. The van der Waals surface area contributed by atoms with Crippen molar-refractivity contribution in [3.63, 3.8) is 0 Å². The molecule has 8 nitrogen and oxygen atoms in total. The molecular weight excluding hydrogens is 577 g/mol. The van der Waals surface area contributed by atoms with Crippen LogP contribution in [0.5, 0.6) is 11.5 Å². The normalized spacial score (nSPS) is 13.7. The first-order chi connectivity index (χ1) is 20.2. The number of aryl methyl sites for hydroxylation is 1. The summed E-state index contributed by atoms with van der Waals surface area (Å²) in [6, 6.07) is 15.5. The number of para-hydroxylation sites is 1. The Morgan fingerprint density at radius 3 is 2.52 bits per heavy atom. The Bertz CT molecular complexity index is 1550. The van der Waals surface area contributed by atoms with E-state index in [1.807, 2.05) is 44.2 Å². The highest BCUT2D eigenvalue weighted by atomic mass is 35.5. The van der Waals surface area contributed by atoms with Crippen molar-refractivity contribution in [3.05, 3.63) is 105 Å². The number of benzene rings is 3. The van der Waals surface area contributed by atoms with Crippen LogP contribution in [0.4, 0.5) is 10.5 Å². The third-order valence-corrected chi connectivity index (χ3v) is 7.17. The zero-order valence-electron chi connectivity index (χ0n) is 23.3. The molecule has 218 valence electrons. The number of nitrogens with one attached hydrogen (secondary N) is 2. The summed E-state index contributed by atoms with van der Waals surface area (Å²) >= 11 is 12.2. The Balaban J connectivity index is 1.55. The lowest BCUT2D eigenvalue weighted by Crippen LogP contribution is -2.38. The topological polar surface area (TPSA) is 97.0 Å². The number of hydrogen-bond donors (Lipinski definition) is 2. The molecule has 0 unspecified atom stereocenters. The van der Waals surface area contributed by atoms with E-state index >= 15 is 0 Å². The number of carbonyl (C=O) groups excluding carboxylic acids is 3. The molecule has 3 aromatic carbocycles. The van der Waals surface area contributed by atoms with Gasteiger partial charge in [0.05, 0.1) is 16.7 Å². The number of imide groups is 1. The van der Waals surface area contributed by atoms with E-state index in [9.17, 15) is 14.4 Å². The fourth-order valence-corrected chi connectivity index (χ4v) is 4.77. The lowest BCUT2D eigenvalue weighted by molar-refractivity contribution is -0.127. The van der Waals surface area contributed by atoms with Crippen LogP contribution in [-0.4, -0.2) is 35.9 Å². The lowest BCUT2D eigenvalue weighted by Gasteiger charge is -2.17. The van der Waals surface area contributed by atoms with Crippen LogP contribution in [0, 0.1) is 0 Å². The van der Waals surface area contributed by atoms with Crippen LogP contribution in [0.25, 0.3) is 6.08 Å². The van der Waals surface area contributed by atoms with Gasteiger partial charge in [-0.1, -0.05) is 60.5 Å². The SMILES string of the molecule is C=CCc1cc(/C=C2/NC(=O)N(CC(=O)Nc3ccccc3CC)C2=O)cc(OCC)c1OCc1ccc(Cl)c(Cl)c1. The molecule has 0 spiro atoms. The molecule has 1 fully saturated rings. The number of urea groups is 1. The van der Waals surface area contributed by atoms with Crippen LogP contribution in [0.3, 0.4) is 0 Å². The minimum Gasteiger partial charge on any atom is -0.490 e. The molecule has 4 rings (SSSR count). The maximum absolute atomic E-state index is 13.1.